The molecule has 0 atom stereocenters. The molecule has 1 fully saturated rings. The average molecular weight is 390 g/mol. The van der Waals surface area contributed by atoms with Crippen molar-refractivity contribution in [2.24, 2.45) is 4.99 Å². The van der Waals surface area contributed by atoms with Gasteiger partial charge in [-0.2, -0.15) is 4.68 Å². The summed E-state index contributed by atoms with van der Waals surface area (Å²) in [7, 11) is 0. The molecule has 0 spiro atoms. The normalized spacial score (nSPS) is 16.2. The van der Waals surface area contributed by atoms with Gasteiger partial charge in [-0.15, -0.1) is 5.10 Å². The zero-order chi connectivity index (χ0) is 20.3. The molecule has 1 aromatic heterocycles. The van der Waals surface area contributed by atoms with Gasteiger partial charge >= 0.3 is 0 Å². The number of aromatic nitrogens is 4. The van der Waals surface area contributed by atoms with Crippen molar-refractivity contribution in [3.8, 4) is 5.69 Å². The van der Waals surface area contributed by atoms with Gasteiger partial charge in [0.2, 0.25) is 0 Å². The number of tetrazole rings is 1. The molecular weight excluding hydrogens is 368 g/mol. The second kappa shape index (κ2) is 7.90. The van der Waals surface area contributed by atoms with Crippen LogP contribution < -0.4 is 0 Å². The van der Waals surface area contributed by atoms with Crippen LogP contribution in [0.5, 0.6) is 0 Å². The molecule has 148 valence electrons. The largest absolute Gasteiger partial charge is 0.278 e. The van der Waals surface area contributed by atoms with Crippen molar-refractivity contribution in [3.05, 3.63) is 75.6 Å². The van der Waals surface area contributed by atoms with Crippen LogP contribution in [0, 0.1) is 17.0 Å². The van der Waals surface area contributed by atoms with Gasteiger partial charge in [0.25, 0.3) is 5.69 Å². The summed E-state index contributed by atoms with van der Waals surface area (Å²) in [5.41, 5.74) is 2.23. The van der Waals surface area contributed by atoms with Crippen molar-refractivity contribution in [2.45, 2.75) is 44.6 Å². The third-order valence-electron chi connectivity index (χ3n) is 5.35. The Morgan fingerprint density at radius 3 is 2.69 bits per heavy atom. The minimum atomic E-state index is -0.546. The van der Waals surface area contributed by atoms with Gasteiger partial charge in [0.1, 0.15) is 5.54 Å². The number of aryl methyl sites for hydroxylation is 1. The maximum atomic E-state index is 11.1. The summed E-state index contributed by atoms with van der Waals surface area (Å²) in [4.78, 5) is 15.6. The predicted molar refractivity (Wildman–Crippen MR) is 109 cm³/mol. The van der Waals surface area contributed by atoms with Crippen LogP contribution in [0.15, 0.2) is 53.5 Å². The Hall–Kier alpha value is -3.42. The van der Waals surface area contributed by atoms with Crippen LogP contribution in [0.4, 0.5) is 5.69 Å². The van der Waals surface area contributed by atoms with Gasteiger partial charge in [-0.3, -0.25) is 15.1 Å². The summed E-state index contributed by atoms with van der Waals surface area (Å²) < 4.78 is 1.77. The fraction of sp³-hybridized carbons (Fsp3) is 0.333. The number of nitro benzene ring substituents is 1. The molecule has 0 bridgehead atoms. The summed E-state index contributed by atoms with van der Waals surface area (Å²) in [5, 5.41) is 23.6. The smallest absolute Gasteiger partial charge is 0.270 e. The maximum Gasteiger partial charge on any atom is 0.270 e. The van der Waals surface area contributed by atoms with Crippen molar-refractivity contribution in [1.82, 2.24) is 20.2 Å². The van der Waals surface area contributed by atoms with E-state index in [0.717, 1.165) is 43.4 Å². The van der Waals surface area contributed by atoms with E-state index in [-0.39, 0.29) is 5.69 Å². The van der Waals surface area contributed by atoms with Crippen LogP contribution in [0.2, 0.25) is 0 Å². The Kier molecular flexibility index (Phi) is 5.16. The van der Waals surface area contributed by atoms with Gasteiger partial charge in [0.05, 0.1) is 10.6 Å². The van der Waals surface area contributed by atoms with E-state index in [0.29, 0.717) is 11.4 Å². The molecule has 0 amide bonds. The molecule has 4 rings (SSSR count). The monoisotopic (exact) mass is 390 g/mol. The Labute approximate surface area is 168 Å². The van der Waals surface area contributed by atoms with E-state index in [9.17, 15) is 10.1 Å². The van der Waals surface area contributed by atoms with Crippen molar-refractivity contribution < 1.29 is 4.92 Å². The molecule has 0 saturated heterocycles. The quantitative estimate of drug-likeness (QED) is 0.370. The lowest BCUT2D eigenvalue weighted by atomic mass is 9.81. The summed E-state index contributed by atoms with van der Waals surface area (Å²) >= 11 is 0. The van der Waals surface area contributed by atoms with E-state index in [4.69, 9.17) is 4.99 Å². The first-order valence-corrected chi connectivity index (χ1v) is 9.73. The van der Waals surface area contributed by atoms with E-state index in [1.807, 2.05) is 37.3 Å². The molecule has 0 aliphatic heterocycles. The van der Waals surface area contributed by atoms with Crippen LogP contribution >= 0.6 is 0 Å². The first kappa shape index (κ1) is 18.9. The van der Waals surface area contributed by atoms with Crippen molar-refractivity contribution in [1.29, 1.82) is 0 Å². The Bertz CT molecular complexity index is 1050. The van der Waals surface area contributed by atoms with Crippen molar-refractivity contribution in [3.63, 3.8) is 0 Å². The highest BCUT2D eigenvalue weighted by molar-refractivity contribution is 5.81. The average Bonchev–Trinajstić information content (AvgIpc) is 3.24. The first-order valence-electron chi connectivity index (χ1n) is 9.73. The van der Waals surface area contributed by atoms with Crippen molar-refractivity contribution >= 4 is 11.9 Å². The number of hydrogen-bond donors (Lipinski definition) is 0. The zero-order valence-electron chi connectivity index (χ0n) is 16.2. The third kappa shape index (κ3) is 3.91. The Morgan fingerprint density at radius 1 is 1.14 bits per heavy atom. The van der Waals surface area contributed by atoms with Gasteiger partial charge in [-0.05, 0) is 53.5 Å². The van der Waals surface area contributed by atoms with E-state index >= 15 is 0 Å². The van der Waals surface area contributed by atoms with E-state index in [1.165, 1.54) is 12.1 Å². The summed E-state index contributed by atoms with van der Waals surface area (Å²) in [6.45, 7) is 2.03. The summed E-state index contributed by atoms with van der Waals surface area (Å²) in [5.74, 6) is 0.712. The lowest BCUT2D eigenvalue weighted by Gasteiger charge is -2.32. The molecule has 1 saturated carbocycles. The SMILES string of the molecule is Cc1cccc(-n2nnnc2C2(N=Cc3cccc([N+](=O)[O-])c3)CCCCC2)c1. The predicted octanol–water partition coefficient (Wildman–Crippen LogP) is 4.16. The van der Waals surface area contributed by atoms with Gasteiger partial charge in [0.15, 0.2) is 5.82 Å². The van der Waals surface area contributed by atoms with Crippen LogP contribution in [0.1, 0.15) is 49.1 Å². The van der Waals surface area contributed by atoms with Crippen LogP contribution in [-0.2, 0) is 5.54 Å². The van der Waals surface area contributed by atoms with E-state index < -0.39 is 10.5 Å². The molecule has 0 radical (unpaired) electrons. The van der Waals surface area contributed by atoms with Gasteiger partial charge in [0, 0.05) is 18.3 Å². The molecule has 1 aliphatic rings. The number of non-ortho nitro benzene ring substituents is 1. The summed E-state index contributed by atoms with van der Waals surface area (Å²) in [6.07, 6.45) is 6.61. The van der Waals surface area contributed by atoms with Crippen LogP contribution in [0.3, 0.4) is 0 Å². The highest BCUT2D eigenvalue weighted by atomic mass is 16.6. The standard InChI is InChI=1S/C21H22N6O2/c1-16-7-5-9-18(13-16)26-20(23-24-25-26)21(11-3-2-4-12-21)22-15-17-8-6-10-19(14-17)27(28)29/h5-10,13-15H,2-4,11-12H2,1H3. The molecule has 1 heterocycles. The molecule has 2 aromatic carbocycles. The molecule has 0 N–H and O–H groups in total. The molecule has 3 aromatic rings. The molecule has 8 heteroatoms. The van der Waals surface area contributed by atoms with Crippen molar-refractivity contribution in [2.75, 3.05) is 0 Å². The number of benzene rings is 2. The second-order valence-corrected chi connectivity index (χ2v) is 7.46. The number of rotatable bonds is 5. The van der Waals surface area contributed by atoms with Gasteiger partial charge < -0.3 is 0 Å². The van der Waals surface area contributed by atoms with Crippen LogP contribution in [0.25, 0.3) is 5.69 Å². The van der Waals surface area contributed by atoms with Crippen LogP contribution in [-0.4, -0.2) is 31.3 Å². The van der Waals surface area contributed by atoms with E-state index in [1.54, 1.807) is 17.0 Å². The first-order chi connectivity index (χ1) is 14.1. The fourth-order valence-corrected chi connectivity index (χ4v) is 3.87. The lowest BCUT2D eigenvalue weighted by molar-refractivity contribution is -0.384. The molecule has 8 nitrogen and oxygen atoms in total. The highest BCUT2D eigenvalue weighted by Gasteiger charge is 2.38. The fourth-order valence-electron chi connectivity index (χ4n) is 3.87. The van der Waals surface area contributed by atoms with Gasteiger partial charge in [-0.25, -0.2) is 0 Å². The number of aliphatic imine (C=N–C) groups is 1. The molecule has 1 aliphatic carbocycles. The summed E-state index contributed by atoms with van der Waals surface area (Å²) in [6, 6.07) is 14.5. The zero-order valence-corrected chi connectivity index (χ0v) is 16.2. The van der Waals surface area contributed by atoms with E-state index in [2.05, 4.69) is 15.5 Å². The number of hydrogen-bond acceptors (Lipinski definition) is 6. The molecular formula is C21H22N6O2. The number of nitro groups is 1. The molecule has 0 unspecified atom stereocenters. The Balaban J connectivity index is 1.75. The maximum absolute atomic E-state index is 11.1. The second-order valence-electron chi connectivity index (χ2n) is 7.46. The Morgan fingerprint density at radius 2 is 1.93 bits per heavy atom. The number of nitrogens with zero attached hydrogens (tertiary/aromatic N) is 6. The minimum Gasteiger partial charge on any atom is -0.278 e. The van der Waals surface area contributed by atoms with Gasteiger partial charge in [-0.1, -0.05) is 43.5 Å². The topological polar surface area (TPSA) is 99.1 Å². The lowest BCUT2D eigenvalue weighted by Crippen LogP contribution is -2.31. The minimum absolute atomic E-state index is 0.0521. The molecule has 29 heavy (non-hydrogen) atoms. The highest BCUT2D eigenvalue weighted by Crippen LogP contribution is 2.40. The third-order valence-corrected chi connectivity index (χ3v) is 5.35.